The molecule has 0 unspecified atom stereocenters. The van der Waals surface area contributed by atoms with Crippen molar-refractivity contribution in [1.82, 2.24) is 10.6 Å². The van der Waals surface area contributed by atoms with Crippen molar-refractivity contribution in [3.8, 4) is 0 Å². The molecule has 2 aliphatic rings. The molecule has 0 aromatic carbocycles. The van der Waals surface area contributed by atoms with Crippen LogP contribution < -0.4 is 10.6 Å². The van der Waals surface area contributed by atoms with Gasteiger partial charge in [0.25, 0.3) is 0 Å². The Labute approximate surface area is 122 Å². The highest BCUT2D eigenvalue weighted by molar-refractivity contribution is 7.46. The highest BCUT2D eigenvalue weighted by atomic mass is 31.2. The van der Waals surface area contributed by atoms with E-state index < -0.39 is 62.6 Å². The Morgan fingerprint density at radius 2 is 1.64 bits per heavy atom. The minimum atomic E-state index is -4.82. The highest BCUT2D eigenvalue weighted by Crippen LogP contribution is 2.37. The van der Waals surface area contributed by atoms with E-state index in [1.54, 1.807) is 10.6 Å². The van der Waals surface area contributed by atoms with Gasteiger partial charge in [0.1, 0.15) is 30.3 Å². The first kappa shape index (κ1) is 17.0. The summed E-state index contributed by atoms with van der Waals surface area (Å²) < 4.78 is 19.9. The number of barbiturate groups is 1. The Bertz CT molecular complexity index is 527. The van der Waals surface area contributed by atoms with Crippen LogP contribution in [0.5, 0.6) is 0 Å². The molecule has 6 N–H and O–H groups in total. The molecule has 2 saturated heterocycles. The number of rotatable bonds is 4. The van der Waals surface area contributed by atoms with Crippen LogP contribution >= 0.6 is 7.82 Å². The molecule has 0 spiro atoms. The van der Waals surface area contributed by atoms with Crippen molar-refractivity contribution in [3.63, 3.8) is 0 Å². The van der Waals surface area contributed by atoms with E-state index >= 15 is 0 Å². The summed E-state index contributed by atoms with van der Waals surface area (Å²) >= 11 is 0. The Morgan fingerprint density at radius 1 is 1.09 bits per heavy atom. The first-order valence-electron chi connectivity index (χ1n) is 5.97. The average Bonchev–Trinajstić information content (AvgIpc) is 2.63. The number of imide groups is 2. The summed E-state index contributed by atoms with van der Waals surface area (Å²) in [7, 11) is -4.82. The van der Waals surface area contributed by atoms with E-state index in [9.17, 15) is 29.2 Å². The van der Waals surface area contributed by atoms with Gasteiger partial charge >= 0.3 is 13.9 Å². The molecular weight excluding hydrogens is 327 g/mol. The molecule has 13 heteroatoms. The largest absolute Gasteiger partial charge is 0.469 e. The number of phosphoric ester groups is 1. The van der Waals surface area contributed by atoms with E-state index in [1.165, 1.54) is 0 Å². The fourth-order valence-corrected chi connectivity index (χ4v) is 2.53. The third-order valence-electron chi connectivity index (χ3n) is 3.17. The van der Waals surface area contributed by atoms with Crippen LogP contribution in [0.4, 0.5) is 4.79 Å². The van der Waals surface area contributed by atoms with Gasteiger partial charge in [-0.3, -0.25) is 24.7 Å². The van der Waals surface area contributed by atoms with Crippen molar-refractivity contribution in [2.75, 3.05) is 6.61 Å². The number of ether oxygens (including phenoxy) is 1. The van der Waals surface area contributed by atoms with E-state index in [0.717, 1.165) is 0 Å². The van der Waals surface area contributed by atoms with Crippen molar-refractivity contribution < 1.29 is 48.2 Å². The first-order valence-corrected chi connectivity index (χ1v) is 7.50. The molecule has 22 heavy (non-hydrogen) atoms. The molecule has 124 valence electrons. The van der Waals surface area contributed by atoms with E-state index in [-0.39, 0.29) is 0 Å². The number of urea groups is 1. The summed E-state index contributed by atoms with van der Waals surface area (Å²) in [6.45, 7) is -0.770. The maximum Gasteiger partial charge on any atom is 0.469 e. The number of carbonyl (C=O) groups is 3. The maximum atomic E-state index is 11.7. The minimum absolute atomic E-state index is 0.770. The van der Waals surface area contributed by atoms with Gasteiger partial charge < -0.3 is 24.7 Å². The van der Waals surface area contributed by atoms with Crippen LogP contribution in [-0.2, 0) is 23.4 Å². The van der Waals surface area contributed by atoms with Crippen LogP contribution in [0.15, 0.2) is 0 Å². The number of hydrogen-bond donors (Lipinski definition) is 6. The fourth-order valence-electron chi connectivity index (χ4n) is 2.19. The van der Waals surface area contributed by atoms with E-state index in [1.807, 2.05) is 0 Å². The van der Waals surface area contributed by atoms with E-state index in [0.29, 0.717) is 0 Å². The van der Waals surface area contributed by atoms with E-state index in [4.69, 9.17) is 14.5 Å². The van der Waals surface area contributed by atoms with Crippen molar-refractivity contribution in [3.05, 3.63) is 0 Å². The van der Waals surface area contributed by atoms with Gasteiger partial charge in [-0.05, 0) is 0 Å². The molecule has 0 bridgehead atoms. The standard InChI is InChI=1S/C9H13N2O10P/c12-4-2(1-20-22(17,18)19)21-6(5(4)13)3-7(14)10-9(16)11-8(3)15/h2-6,12-13H,1H2,(H2,17,18,19)(H2,10,11,14,15,16)/t2-,4-,5-,6+/m1/s1. The summed E-state index contributed by atoms with van der Waals surface area (Å²) in [5, 5.41) is 23.2. The molecule has 0 radical (unpaired) electrons. The van der Waals surface area contributed by atoms with Crippen molar-refractivity contribution >= 4 is 25.7 Å². The lowest BCUT2D eigenvalue weighted by molar-refractivity contribution is -0.145. The summed E-state index contributed by atoms with van der Waals surface area (Å²) in [5.41, 5.74) is 0. The molecular formula is C9H13N2O10P. The smallest absolute Gasteiger partial charge is 0.388 e. The van der Waals surface area contributed by atoms with Crippen LogP contribution in [0.3, 0.4) is 0 Å². The number of hydrogen-bond acceptors (Lipinski definition) is 8. The van der Waals surface area contributed by atoms with Crippen molar-refractivity contribution in [2.45, 2.75) is 24.4 Å². The molecule has 2 aliphatic heterocycles. The third kappa shape index (κ3) is 3.50. The Morgan fingerprint density at radius 3 is 2.14 bits per heavy atom. The van der Waals surface area contributed by atoms with Crippen molar-refractivity contribution in [1.29, 1.82) is 0 Å². The SMILES string of the molecule is O=C1NC(=O)C([C@@H]2O[C@H](COP(=O)(O)O)[C@@H](O)[C@H]2O)C(=O)N1. The first-order chi connectivity index (χ1) is 10.1. The third-order valence-corrected chi connectivity index (χ3v) is 3.66. The number of nitrogens with one attached hydrogen (secondary N) is 2. The quantitative estimate of drug-likeness (QED) is 0.222. The Hall–Kier alpha value is -1.40. The number of aliphatic hydroxyl groups is 2. The molecule has 2 rings (SSSR count). The zero-order valence-corrected chi connectivity index (χ0v) is 11.7. The minimum Gasteiger partial charge on any atom is -0.388 e. The zero-order valence-electron chi connectivity index (χ0n) is 10.8. The second-order valence-corrected chi connectivity index (χ2v) is 5.93. The van der Waals surface area contributed by atoms with Gasteiger partial charge in [0.15, 0.2) is 0 Å². The molecule has 4 atom stereocenters. The zero-order chi connectivity index (χ0) is 16.7. The van der Waals surface area contributed by atoms with Crippen molar-refractivity contribution in [2.24, 2.45) is 5.92 Å². The van der Waals surface area contributed by atoms with Crippen LogP contribution in [0, 0.1) is 5.92 Å². The molecule has 0 aliphatic carbocycles. The van der Waals surface area contributed by atoms with Crippen LogP contribution in [0.2, 0.25) is 0 Å². The average molecular weight is 340 g/mol. The predicted octanol–water partition coefficient (Wildman–Crippen LogP) is -3.43. The predicted molar refractivity (Wildman–Crippen MR) is 63.8 cm³/mol. The van der Waals surface area contributed by atoms with Gasteiger partial charge in [-0.1, -0.05) is 0 Å². The van der Waals surface area contributed by atoms with E-state index in [2.05, 4.69) is 4.52 Å². The van der Waals surface area contributed by atoms with Gasteiger partial charge in [0, 0.05) is 0 Å². The second kappa shape index (κ2) is 6.01. The number of aliphatic hydroxyl groups excluding tert-OH is 2. The lowest BCUT2D eigenvalue weighted by Crippen LogP contribution is -2.60. The molecule has 2 heterocycles. The summed E-state index contributed by atoms with van der Waals surface area (Å²) in [6, 6.07) is -1.03. The summed E-state index contributed by atoms with van der Waals surface area (Å²) in [5.74, 6) is -3.66. The topological polar surface area (TPSA) is 192 Å². The Kier molecular flexibility index (Phi) is 4.63. The van der Waals surface area contributed by atoms with Gasteiger partial charge in [0.2, 0.25) is 11.8 Å². The van der Waals surface area contributed by atoms with Gasteiger partial charge in [-0.25, -0.2) is 9.36 Å². The number of carbonyl (C=O) groups excluding carboxylic acids is 3. The fraction of sp³-hybridized carbons (Fsp3) is 0.667. The monoisotopic (exact) mass is 340 g/mol. The lowest BCUT2D eigenvalue weighted by atomic mass is 9.93. The Balaban J connectivity index is 2.09. The summed E-state index contributed by atoms with van der Waals surface area (Å²) in [4.78, 5) is 51.4. The maximum absolute atomic E-state index is 11.7. The van der Waals surface area contributed by atoms with Crippen LogP contribution in [0.25, 0.3) is 0 Å². The van der Waals surface area contributed by atoms with Gasteiger partial charge in [-0.15, -0.1) is 0 Å². The van der Waals surface area contributed by atoms with Gasteiger partial charge in [-0.2, -0.15) is 0 Å². The molecule has 0 aromatic rings. The lowest BCUT2D eigenvalue weighted by Gasteiger charge is -2.26. The molecule has 0 saturated carbocycles. The normalized spacial score (nSPS) is 33.7. The van der Waals surface area contributed by atoms with Crippen LogP contribution in [0.1, 0.15) is 0 Å². The highest BCUT2D eigenvalue weighted by Gasteiger charge is 2.52. The number of phosphoric acid groups is 1. The second-order valence-electron chi connectivity index (χ2n) is 4.69. The summed E-state index contributed by atoms with van der Waals surface area (Å²) in [6.07, 6.45) is -6.21. The molecule has 0 aromatic heterocycles. The number of amides is 4. The molecule has 4 amide bonds. The van der Waals surface area contributed by atoms with Crippen LogP contribution in [-0.4, -0.2) is 68.9 Å². The molecule has 12 nitrogen and oxygen atoms in total. The van der Waals surface area contributed by atoms with Gasteiger partial charge in [0.05, 0.1) is 6.61 Å². The molecule has 2 fully saturated rings.